The third-order valence-corrected chi connectivity index (χ3v) is 3.02. The average molecular weight is 272 g/mol. The second kappa shape index (κ2) is 5.24. The molecular weight excluding hydrogens is 256 g/mol. The highest BCUT2D eigenvalue weighted by atomic mass is 15.5. The Morgan fingerprint density at radius 3 is 2.70 bits per heavy atom. The Balaban J connectivity index is 1.76. The second-order valence-electron chi connectivity index (χ2n) is 5.06. The molecule has 0 fully saturated rings. The summed E-state index contributed by atoms with van der Waals surface area (Å²) in [6.07, 6.45) is 8.61. The quantitative estimate of drug-likeness (QED) is 0.756. The van der Waals surface area contributed by atoms with E-state index in [2.05, 4.69) is 44.7 Å². The molecule has 0 aliphatic carbocycles. The van der Waals surface area contributed by atoms with Gasteiger partial charge in [-0.15, -0.1) is 5.10 Å². The Kier molecular flexibility index (Phi) is 3.28. The smallest absolute Gasteiger partial charge is 0.272 e. The van der Waals surface area contributed by atoms with Crippen molar-refractivity contribution in [3.05, 3.63) is 24.8 Å². The Morgan fingerprint density at radius 2 is 1.95 bits per heavy atom. The molecule has 0 saturated carbocycles. The largest absolute Gasteiger partial charge is 0.290 e. The van der Waals surface area contributed by atoms with Crippen LogP contribution < -0.4 is 0 Å². The number of rotatable bonds is 5. The molecule has 0 unspecified atom stereocenters. The van der Waals surface area contributed by atoms with Gasteiger partial charge in [0, 0.05) is 30.1 Å². The summed E-state index contributed by atoms with van der Waals surface area (Å²) in [5.74, 6) is 1.09. The van der Waals surface area contributed by atoms with Crippen molar-refractivity contribution in [1.82, 2.24) is 40.2 Å². The van der Waals surface area contributed by atoms with Crippen LogP contribution in [-0.2, 0) is 6.54 Å². The van der Waals surface area contributed by atoms with E-state index in [4.69, 9.17) is 0 Å². The van der Waals surface area contributed by atoms with Gasteiger partial charge in [-0.3, -0.25) is 4.68 Å². The molecule has 3 heterocycles. The van der Waals surface area contributed by atoms with Crippen molar-refractivity contribution >= 4 is 0 Å². The first-order chi connectivity index (χ1) is 9.72. The molecule has 3 aromatic heterocycles. The van der Waals surface area contributed by atoms with Crippen molar-refractivity contribution in [2.24, 2.45) is 5.92 Å². The maximum atomic E-state index is 4.37. The number of nitrogens with zero attached hydrogens (tertiary/aromatic N) is 7. The SMILES string of the molecule is CC(C)CCn1cc(-c2cnn(-c3nn[nH]n3)c2)cn1. The molecule has 0 saturated heterocycles. The van der Waals surface area contributed by atoms with E-state index < -0.39 is 0 Å². The zero-order chi connectivity index (χ0) is 13.9. The molecule has 0 radical (unpaired) electrons. The predicted octanol–water partition coefficient (Wildman–Crippen LogP) is 1.29. The monoisotopic (exact) mass is 272 g/mol. The summed E-state index contributed by atoms with van der Waals surface area (Å²) in [5.41, 5.74) is 2.01. The molecule has 3 rings (SSSR count). The first kappa shape index (κ1) is 12.5. The minimum atomic E-state index is 0.420. The zero-order valence-electron chi connectivity index (χ0n) is 11.4. The Labute approximate surface area is 115 Å². The molecule has 20 heavy (non-hydrogen) atoms. The molecule has 0 aliphatic rings. The molecular formula is C12H16N8. The van der Waals surface area contributed by atoms with Gasteiger partial charge in [-0.2, -0.15) is 15.4 Å². The molecule has 0 atom stereocenters. The predicted molar refractivity (Wildman–Crippen MR) is 72.0 cm³/mol. The van der Waals surface area contributed by atoms with E-state index in [1.165, 1.54) is 0 Å². The molecule has 104 valence electrons. The number of hydrogen-bond donors (Lipinski definition) is 1. The van der Waals surface area contributed by atoms with Crippen LogP contribution in [0.4, 0.5) is 0 Å². The standard InChI is InChI=1S/C12H16N8/c1-9(2)3-4-19-7-10(5-13-19)11-6-14-20(8-11)12-15-17-18-16-12/h5-9H,3-4H2,1-2H3,(H,15,16,17,18). The number of aryl methyl sites for hydroxylation is 1. The Bertz CT molecular complexity index is 663. The van der Waals surface area contributed by atoms with Gasteiger partial charge in [0.2, 0.25) is 0 Å². The van der Waals surface area contributed by atoms with E-state index in [0.717, 1.165) is 24.1 Å². The van der Waals surface area contributed by atoms with Crippen LogP contribution in [0.3, 0.4) is 0 Å². The topological polar surface area (TPSA) is 90.1 Å². The van der Waals surface area contributed by atoms with Crippen LogP contribution in [0.2, 0.25) is 0 Å². The summed E-state index contributed by atoms with van der Waals surface area (Å²) in [5, 5.41) is 22.3. The van der Waals surface area contributed by atoms with Gasteiger partial charge in [0.05, 0.1) is 12.4 Å². The molecule has 8 heteroatoms. The highest BCUT2D eigenvalue weighted by molar-refractivity contribution is 5.59. The van der Waals surface area contributed by atoms with Crippen molar-refractivity contribution in [1.29, 1.82) is 0 Å². The van der Waals surface area contributed by atoms with Crippen LogP contribution in [0.15, 0.2) is 24.8 Å². The summed E-state index contributed by atoms with van der Waals surface area (Å²) in [7, 11) is 0. The number of aromatic nitrogens is 8. The van der Waals surface area contributed by atoms with Crippen LogP contribution in [0.5, 0.6) is 0 Å². The van der Waals surface area contributed by atoms with Gasteiger partial charge in [0.15, 0.2) is 0 Å². The fraction of sp³-hybridized carbons (Fsp3) is 0.417. The van der Waals surface area contributed by atoms with Gasteiger partial charge in [-0.25, -0.2) is 4.68 Å². The van der Waals surface area contributed by atoms with Gasteiger partial charge in [0.25, 0.3) is 5.95 Å². The van der Waals surface area contributed by atoms with E-state index in [-0.39, 0.29) is 0 Å². The maximum Gasteiger partial charge on any atom is 0.290 e. The third-order valence-electron chi connectivity index (χ3n) is 3.02. The van der Waals surface area contributed by atoms with Crippen molar-refractivity contribution < 1.29 is 0 Å². The minimum Gasteiger partial charge on any atom is -0.272 e. The Hall–Kier alpha value is -2.51. The minimum absolute atomic E-state index is 0.420. The highest BCUT2D eigenvalue weighted by Crippen LogP contribution is 2.18. The van der Waals surface area contributed by atoms with Gasteiger partial charge in [-0.05, 0) is 17.6 Å². The summed E-state index contributed by atoms with van der Waals surface area (Å²) in [4.78, 5) is 0. The van der Waals surface area contributed by atoms with E-state index in [9.17, 15) is 0 Å². The summed E-state index contributed by atoms with van der Waals surface area (Å²) in [6, 6.07) is 0. The lowest BCUT2D eigenvalue weighted by molar-refractivity contribution is 0.487. The first-order valence-corrected chi connectivity index (χ1v) is 6.53. The van der Waals surface area contributed by atoms with Crippen LogP contribution >= 0.6 is 0 Å². The number of hydrogen-bond acceptors (Lipinski definition) is 5. The maximum absolute atomic E-state index is 4.37. The summed E-state index contributed by atoms with van der Waals surface area (Å²) < 4.78 is 3.53. The molecule has 0 aromatic carbocycles. The molecule has 0 aliphatic heterocycles. The highest BCUT2D eigenvalue weighted by Gasteiger charge is 2.08. The van der Waals surface area contributed by atoms with Crippen molar-refractivity contribution in [2.75, 3.05) is 0 Å². The van der Waals surface area contributed by atoms with Crippen molar-refractivity contribution in [3.63, 3.8) is 0 Å². The summed E-state index contributed by atoms with van der Waals surface area (Å²) >= 11 is 0. The lowest BCUT2D eigenvalue weighted by Gasteiger charge is -2.03. The van der Waals surface area contributed by atoms with Gasteiger partial charge >= 0.3 is 0 Å². The zero-order valence-corrected chi connectivity index (χ0v) is 11.4. The summed E-state index contributed by atoms with van der Waals surface area (Å²) in [6.45, 7) is 5.34. The van der Waals surface area contributed by atoms with Crippen molar-refractivity contribution in [2.45, 2.75) is 26.8 Å². The van der Waals surface area contributed by atoms with Crippen LogP contribution in [-0.4, -0.2) is 40.2 Å². The lowest BCUT2D eigenvalue weighted by atomic mass is 10.1. The normalized spacial score (nSPS) is 11.3. The van der Waals surface area contributed by atoms with Gasteiger partial charge in [0.1, 0.15) is 0 Å². The van der Waals surface area contributed by atoms with E-state index in [0.29, 0.717) is 11.9 Å². The molecule has 3 aromatic rings. The molecule has 0 amide bonds. The third kappa shape index (κ3) is 2.58. The van der Waals surface area contributed by atoms with Crippen LogP contribution in [0, 0.1) is 5.92 Å². The van der Waals surface area contributed by atoms with E-state index >= 15 is 0 Å². The average Bonchev–Trinajstić information content (AvgIpc) is 3.15. The van der Waals surface area contributed by atoms with Gasteiger partial charge in [-0.1, -0.05) is 18.9 Å². The lowest BCUT2D eigenvalue weighted by Crippen LogP contribution is -2.01. The van der Waals surface area contributed by atoms with E-state index in [1.807, 2.05) is 23.3 Å². The molecule has 1 N–H and O–H groups in total. The first-order valence-electron chi connectivity index (χ1n) is 6.53. The molecule has 8 nitrogen and oxygen atoms in total. The number of tetrazole rings is 1. The fourth-order valence-corrected chi connectivity index (χ4v) is 1.86. The Morgan fingerprint density at radius 1 is 1.15 bits per heavy atom. The van der Waals surface area contributed by atoms with Crippen LogP contribution in [0.25, 0.3) is 17.1 Å². The van der Waals surface area contributed by atoms with Crippen molar-refractivity contribution in [3.8, 4) is 17.1 Å². The van der Waals surface area contributed by atoms with Crippen LogP contribution in [0.1, 0.15) is 20.3 Å². The number of H-pyrrole nitrogens is 1. The second-order valence-corrected chi connectivity index (χ2v) is 5.06. The fourth-order valence-electron chi connectivity index (χ4n) is 1.86. The van der Waals surface area contributed by atoms with E-state index in [1.54, 1.807) is 10.9 Å². The number of aromatic amines is 1. The molecule has 0 spiro atoms. The molecule has 0 bridgehead atoms. The van der Waals surface area contributed by atoms with Gasteiger partial charge < -0.3 is 0 Å². The number of nitrogens with one attached hydrogen (secondary N) is 1.